The first-order valence-corrected chi connectivity index (χ1v) is 6.25. The molecule has 1 aliphatic rings. The summed E-state index contributed by atoms with van der Waals surface area (Å²) < 4.78 is 0. The molecule has 2 heteroatoms. The van der Waals surface area contributed by atoms with E-state index in [-0.39, 0.29) is 0 Å². The quantitative estimate of drug-likeness (QED) is 0.646. The van der Waals surface area contributed by atoms with Crippen molar-refractivity contribution in [1.29, 1.82) is 0 Å². The van der Waals surface area contributed by atoms with Crippen molar-refractivity contribution in [3.8, 4) is 0 Å². The van der Waals surface area contributed by atoms with Crippen molar-refractivity contribution in [2.45, 2.75) is 46.5 Å². The summed E-state index contributed by atoms with van der Waals surface area (Å²) in [4.78, 5) is 6.91. The van der Waals surface area contributed by atoms with Gasteiger partial charge in [-0.3, -0.25) is 0 Å². The SMILES string of the molecule is C/C=C(\N=CCC)N1CCC(CC)CC1. The van der Waals surface area contributed by atoms with Crippen LogP contribution in [0.25, 0.3) is 0 Å². The molecule has 0 aromatic rings. The van der Waals surface area contributed by atoms with Gasteiger partial charge in [-0.15, -0.1) is 0 Å². The molecule has 2 nitrogen and oxygen atoms in total. The van der Waals surface area contributed by atoms with Crippen molar-refractivity contribution < 1.29 is 0 Å². The van der Waals surface area contributed by atoms with Crippen molar-refractivity contribution in [3.63, 3.8) is 0 Å². The van der Waals surface area contributed by atoms with E-state index in [0.29, 0.717) is 0 Å². The maximum Gasteiger partial charge on any atom is 0.123 e. The van der Waals surface area contributed by atoms with E-state index in [4.69, 9.17) is 0 Å². The fraction of sp³-hybridized carbons (Fsp3) is 0.769. The Bertz CT molecular complexity index is 223. The van der Waals surface area contributed by atoms with Crippen LogP contribution in [0.2, 0.25) is 0 Å². The van der Waals surface area contributed by atoms with Gasteiger partial charge in [-0.05, 0) is 38.2 Å². The van der Waals surface area contributed by atoms with Crippen LogP contribution in [0.1, 0.15) is 46.5 Å². The smallest absolute Gasteiger partial charge is 0.123 e. The van der Waals surface area contributed by atoms with Gasteiger partial charge in [0.05, 0.1) is 0 Å². The van der Waals surface area contributed by atoms with Crippen LogP contribution in [-0.2, 0) is 0 Å². The summed E-state index contributed by atoms with van der Waals surface area (Å²) in [7, 11) is 0. The highest BCUT2D eigenvalue weighted by molar-refractivity contribution is 5.58. The van der Waals surface area contributed by atoms with Gasteiger partial charge in [0.2, 0.25) is 0 Å². The zero-order valence-electron chi connectivity index (χ0n) is 10.4. The van der Waals surface area contributed by atoms with Crippen LogP contribution in [0, 0.1) is 5.92 Å². The van der Waals surface area contributed by atoms with E-state index in [1.165, 1.54) is 32.4 Å². The summed E-state index contributed by atoms with van der Waals surface area (Å²) in [5.41, 5.74) is 0. The van der Waals surface area contributed by atoms with Gasteiger partial charge in [-0.25, -0.2) is 4.99 Å². The van der Waals surface area contributed by atoms with E-state index in [0.717, 1.165) is 18.2 Å². The molecule has 0 radical (unpaired) electrons. The first-order chi connectivity index (χ1) is 7.31. The number of hydrogen-bond acceptors (Lipinski definition) is 2. The molecule has 1 rings (SSSR count). The fourth-order valence-corrected chi connectivity index (χ4v) is 2.09. The molecule has 0 N–H and O–H groups in total. The Balaban J connectivity index is 2.47. The molecule has 0 aromatic heterocycles. The Morgan fingerprint density at radius 2 is 2.00 bits per heavy atom. The second-order valence-electron chi connectivity index (χ2n) is 4.21. The Morgan fingerprint density at radius 3 is 2.47 bits per heavy atom. The van der Waals surface area contributed by atoms with Crippen molar-refractivity contribution >= 4 is 6.21 Å². The molecule has 1 heterocycles. The number of nitrogens with zero attached hydrogens (tertiary/aromatic N) is 2. The Hall–Kier alpha value is -0.790. The molecule has 15 heavy (non-hydrogen) atoms. The zero-order chi connectivity index (χ0) is 11.1. The van der Waals surface area contributed by atoms with Crippen LogP contribution in [0.4, 0.5) is 0 Å². The maximum atomic E-state index is 4.50. The van der Waals surface area contributed by atoms with Crippen LogP contribution in [-0.4, -0.2) is 24.2 Å². The number of aliphatic imine (C=N–C) groups is 1. The summed E-state index contributed by atoms with van der Waals surface area (Å²) in [5.74, 6) is 2.10. The zero-order valence-corrected chi connectivity index (χ0v) is 10.4. The highest BCUT2D eigenvalue weighted by Gasteiger charge is 2.18. The molecule has 1 fully saturated rings. The topological polar surface area (TPSA) is 15.6 Å². The molecule has 0 atom stereocenters. The van der Waals surface area contributed by atoms with Crippen molar-refractivity contribution in [2.75, 3.05) is 13.1 Å². The average molecular weight is 208 g/mol. The first kappa shape index (κ1) is 12.3. The number of likely N-dealkylation sites (tertiary alicyclic amines) is 1. The minimum Gasteiger partial charge on any atom is -0.357 e. The van der Waals surface area contributed by atoms with E-state index in [1.54, 1.807) is 0 Å². The van der Waals surface area contributed by atoms with Gasteiger partial charge in [0.15, 0.2) is 0 Å². The average Bonchev–Trinajstić information content (AvgIpc) is 2.31. The lowest BCUT2D eigenvalue weighted by Gasteiger charge is -2.33. The van der Waals surface area contributed by atoms with Crippen LogP contribution < -0.4 is 0 Å². The largest absolute Gasteiger partial charge is 0.357 e. The number of rotatable bonds is 4. The van der Waals surface area contributed by atoms with Gasteiger partial charge < -0.3 is 4.90 Å². The summed E-state index contributed by atoms with van der Waals surface area (Å²) in [6, 6.07) is 0. The summed E-state index contributed by atoms with van der Waals surface area (Å²) in [6.07, 6.45) is 9.13. The Kier molecular flexibility index (Phi) is 5.44. The number of hydrogen-bond donors (Lipinski definition) is 0. The molecule has 0 amide bonds. The highest BCUT2D eigenvalue weighted by Crippen LogP contribution is 2.22. The van der Waals surface area contributed by atoms with Crippen LogP contribution >= 0.6 is 0 Å². The van der Waals surface area contributed by atoms with Crippen LogP contribution in [0.3, 0.4) is 0 Å². The van der Waals surface area contributed by atoms with E-state index in [1.807, 2.05) is 6.21 Å². The number of piperidine rings is 1. The highest BCUT2D eigenvalue weighted by atomic mass is 15.2. The van der Waals surface area contributed by atoms with Gasteiger partial charge >= 0.3 is 0 Å². The number of allylic oxidation sites excluding steroid dienone is 1. The molecule has 0 spiro atoms. The predicted molar refractivity (Wildman–Crippen MR) is 67.1 cm³/mol. The molecule has 86 valence electrons. The molecular weight excluding hydrogens is 184 g/mol. The molecule has 0 aliphatic carbocycles. The third kappa shape index (κ3) is 3.69. The molecule has 0 aromatic carbocycles. The van der Waals surface area contributed by atoms with E-state index >= 15 is 0 Å². The molecule has 0 saturated carbocycles. The third-order valence-corrected chi connectivity index (χ3v) is 3.18. The standard InChI is InChI=1S/C13H24N2/c1-4-9-14-13(6-3)15-10-7-12(5-2)8-11-15/h6,9,12H,4-5,7-8,10-11H2,1-3H3/b13-6+,14-9?. The minimum atomic E-state index is 0.939. The minimum absolute atomic E-state index is 0.939. The predicted octanol–water partition coefficient (Wildman–Crippen LogP) is 3.45. The van der Waals surface area contributed by atoms with Gasteiger partial charge in [0.25, 0.3) is 0 Å². The molecule has 0 bridgehead atoms. The molecule has 0 unspecified atom stereocenters. The second-order valence-corrected chi connectivity index (χ2v) is 4.21. The third-order valence-electron chi connectivity index (χ3n) is 3.18. The van der Waals surface area contributed by atoms with Gasteiger partial charge in [0.1, 0.15) is 5.82 Å². The van der Waals surface area contributed by atoms with Crippen molar-refractivity contribution in [2.24, 2.45) is 10.9 Å². The molecular formula is C13H24N2. The van der Waals surface area contributed by atoms with Gasteiger partial charge in [0, 0.05) is 19.3 Å². The Morgan fingerprint density at radius 1 is 1.33 bits per heavy atom. The maximum absolute atomic E-state index is 4.50. The summed E-state index contributed by atoms with van der Waals surface area (Å²) in [6.45, 7) is 8.86. The van der Waals surface area contributed by atoms with E-state index < -0.39 is 0 Å². The van der Waals surface area contributed by atoms with Crippen LogP contribution in [0.15, 0.2) is 16.9 Å². The van der Waals surface area contributed by atoms with Crippen molar-refractivity contribution in [1.82, 2.24) is 4.90 Å². The lowest BCUT2D eigenvalue weighted by molar-refractivity contribution is 0.221. The summed E-state index contributed by atoms with van der Waals surface area (Å²) in [5, 5.41) is 0. The van der Waals surface area contributed by atoms with E-state index in [9.17, 15) is 0 Å². The van der Waals surface area contributed by atoms with Crippen molar-refractivity contribution in [3.05, 3.63) is 11.9 Å². The first-order valence-electron chi connectivity index (χ1n) is 6.25. The van der Waals surface area contributed by atoms with Gasteiger partial charge in [-0.2, -0.15) is 0 Å². The fourth-order valence-electron chi connectivity index (χ4n) is 2.09. The lowest BCUT2D eigenvalue weighted by Crippen LogP contribution is -2.32. The normalized spacial score (nSPS) is 20.2. The van der Waals surface area contributed by atoms with E-state index in [2.05, 4.69) is 36.7 Å². The molecule has 1 saturated heterocycles. The second kappa shape index (κ2) is 6.65. The monoisotopic (exact) mass is 208 g/mol. The Labute approximate surface area is 94.1 Å². The van der Waals surface area contributed by atoms with Gasteiger partial charge in [-0.1, -0.05) is 20.3 Å². The summed E-state index contributed by atoms with van der Waals surface area (Å²) >= 11 is 0. The lowest BCUT2D eigenvalue weighted by atomic mass is 9.94. The van der Waals surface area contributed by atoms with Crippen LogP contribution in [0.5, 0.6) is 0 Å². The molecule has 1 aliphatic heterocycles.